The zero-order chi connectivity index (χ0) is 23.8. The Hall–Kier alpha value is -1.00. The molecular formula is C28H48O4. The first kappa shape index (κ1) is 27.2. The third kappa shape index (κ3) is 8.41. The minimum Gasteiger partial charge on any atom is -0.396 e. The standard InChI is InChI=1S/C28H48O4/c1-27(2,20-29)18-8-6-10-21-12-14-23(25(21)30)16-17-24-15-13-22(26(24)31)11-7-9-19-28(3,4)32-5/h16-17,21-24,29H,6-15,18-20H2,1-5H3/b17-16-. The molecule has 4 heteroatoms. The summed E-state index contributed by atoms with van der Waals surface area (Å²) in [4.78, 5) is 25.6. The number of Topliss-reactive ketones (excluding diaryl/α,β-unsaturated/α-hetero) is 2. The number of aliphatic hydroxyl groups is 1. The Morgan fingerprint density at radius 2 is 1.28 bits per heavy atom. The molecular weight excluding hydrogens is 400 g/mol. The van der Waals surface area contributed by atoms with E-state index < -0.39 is 0 Å². The van der Waals surface area contributed by atoms with Gasteiger partial charge in [-0.3, -0.25) is 9.59 Å². The largest absolute Gasteiger partial charge is 0.396 e. The lowest BCUT2D eigenvalue weighted by Gasteiger charge is -2.22. The van der Waals surface area contributed by atoms with Crippen LogP contribution in [-0.2, 0) is 14.3 Å². The predicted molar refractivity (Wildman–Crippen MR) is 130 cm³/mol. The van der Waals surface area contributed by atoms with Gasteiger partial charge in [-0.05, 0) is 70.6 Å². The number of rotatable bonds is 14. The second kappa shape index (κ2) is 12.5. The number of unbranched alkanes of at least 4 members (excludes halogenated alkanes) is 2. The van der Waals surface area contributed by atoms with E-state index in [1.807, 2.05) is 0 Å². The fraction of sp³-hybridized carbons (Fsp3) is 0.857. The zero-order valence-corrected chi connectivity index (χ0v) is 21.3. The number of ether oxygens (including phenoxy) is 1. The van der Waals surface area contributed by atoms with Crippen LogP contribution >= 0.6 is 0 Å². The molecule has 0 amide bonds. The van der Waals surface area contributed by atoms with Gasteiger partial charge in [0.25, 0.3) is 0 Å². The van der Waals surface area contributed by atoms with Crippen molar-refractivity contribution in [3.8, 4) is 0 Å². The second-order valence-electron chi connectivity index (χ2n) is 11.7. The van der Waals surface area contributed by atoms with Crippen LogP contribution in [0, 0.1) is 29.1 Å². The molecule has 184 valence electrons. The first-order valence-electron chi connectivity index (χ1n) is 13.0. The Morgan fingerprint density at radius 1 is 0.812 bits per heavy atom. The number of methoxy groups -OCH3 is 1. The van der Waals surface area contributed by atoms with Gasteiger partial charge in [-0.1, -0.05) is 51.7 Å². The van der Waals surface area contributed by atoms with Crippen LogP contribution in [0.15, 0.2) is 12.2 Å². The van der Waals surface area contributed by atoms with Crippen LogP contribution in [0.25, 0.3) is 0 Å². The Labute approximate surface area is 196 Å². The highest BCUT2D eigenvalue weighted by Gasteiger charge is 2.35. The molecule has 2 fully saturated rings. The smallest absolute Gasteiger partial charge is 0.142 e. The minimum absolute atomic E-state index is 0.0111. The number of allylic oxidation sites excluding steroid dienone is 2. The summed E-state index contributed by atoms with van der Waals surface area (Å²) < 4.78 is 5.48. The van der Waals surface area contributed by atoms with Gasteiger partial charge < -0.3 is 9.84 Å². The summed E-state index contributed by atoms with van der Waals surface area (Å²) in [6, 6.07) is 0. The quantitative estimate of drug-likeness (QED) is 0.250. The number of carbonyl (C=O) groups is 2. The van der Waals surface area contributed by atoms with Crippen molar-refractivity contribution in [3.05, 3.63) is 12.2 Å². The van der Waals surface area contributed by atoms with Crippen molar-refractivity contribution in [2.45, 2.75) is 110 Å². The molecule has 4 nitrogen and oxygen atoms in total. The molecule has 0 aromatic heterocycles. The number of hydrogen-bond donors (Lipinski definition) is 1. The van der Waals surface area contributed by atoms with Crippen molar-refractivity contribution in [2.24, 2.45) is 29.1 Å². The highest BCUT2D eigenvalue weighted by atomic mass is 16.5. The monoisotopic (exact) mass is 448 g/mol. The molecule has 0 bridgehead atoms. The molecule has 0 aliphatic heterocycles. The van der Waals surface area contributed by atoms with Crippen LogP contribution in [0.4, 0.5) is 0 Å². The number of hydrogen-bond acceptors (Lipinski definition) is 4. The third-order valence-electron chi connectivity index (χ3n) is 7.98. The molecule has 1 N–H and O–H groups in total. The van der Waals surface area contributed by atoms with E-state index in [0.29, 0.717) is 11.6 Å². The van der Waals surface area contributed by atoms with E-state index in [1.54, 1.807) is 7.11 Å². The molecule has 32 heavy (non-hydrogen) atoms. The first-order valence-corrected chi connectivity index (χ1v) is 13.0. The second-order valence-corrected chi connectivity index (χ2v) is 11.7. The Bertz CT molecular complexity index is 579. The van der Waals surface area contributed by atoms with Gasteiger partial charge in [0.05, 0.1) is 5.60 Å². The summed E-state index contributed by atoms with van der Waals surface area (Å²) in [5, 5.41) is 9.37. The van der Waals surface area contributed by atoms with Gasteiger partial charge in [0.15, 0.2) is 0 Å². The van der Waals surface area contributed by atoms with Gasteiger partial charge in [0.2, 0.25) is 0 Å². The van der Waals surface area contributed by atoms with Crippen LogP contribution in [0.1, 0.15) is 105 Å². The summed E-state index contributed by atoms with van der Waals surface area (Å²) in [7, 11) is 1.76. The molecule has 4 atom stereocenters. The lowest BCUT2D eigenvalue weighted by molar-refractivity contribution is -0.124. The van der Waals surface area contributed by atoms with Gasteiger partial charge in [0.1, 0.15) is 11.6 Å². The molecule has 2 aliphatic rings. The normalized spacial score (nSPS) is 27.2. The predicted octanol–water partition coefficient (Wildman–Crippen LogP) is 6.30. The maximum Gasteiger partial charge on any atom is 0.142 e. The molecule has 0 spiro atoms. The van der Waals surface area contributed by atoms with Gasteiger partial charge >= 0.3 is 0 Å². The van der Waals surface area contributed by atoms with Crippen LogP contribution in [0.3, 0.4) is 0 Å². The van der Waals surface area contributed by atoms with Crippen LogP contribution < -0.4 is 0 Å². The minimum atomic E-state index is -0.0767. The average Bonchev–Trinajstić information content (AvgIpc) is 3.29. The lowest BCUT2D eigenvalue weighted by Crippen LogP contribution is -2.22. The lowest BCUT2D eigenvalue weighted by atomic mass is 9.87. The van der Waals surface area contributed by atoms with E-state index in [4.69, 9.17) is 4.74 Å². The Morgan fingerprint density at radius 3 is 1.72 bits per heavy atom. The zero-order valence-electron chi connectivity index (χ0n) is 21.3. The summed E-state index contributed by atoms with van der Waals surface area (Å²) >= 11 is 0. The molecule has 2 rings (SSSR count). The van der Waals surface area contributed by atoms with Crippen LogP contribution in [-0.4, -0.2) is 36.0 Å². The van der Waals surface area contributed by atoms with E-state index in [1.165, 1.54) is 0 Å². The van der Waals surface area contributed by atoms with Crippen LogP contribution in [0.5, 0.6) is 0 Å². The average molecular weight is 449 g/mol. The maximum atomic E-state index is 12.8. The summed E-state index contributed by atoms with van der Waals surface area (Å²) in [5.41, 5.74) is -0.0935. The van der Waals surface area contributed by atoms with E-state index in [0.717, 1.165) is 77.0 Å². The molecule has 0 radical (unpaired) electrons. The molecule has 0 aromatic rings. The van der Waals surface area contributed by atoms with E-state index in [9.17, 15) is 14.7 Å². The topological polar surface area (TPSA) is 63.6 Å². The number of ketones is 2. The highest BCUT2D eigenvalue weighted by Crippen LogP contribution is 2.36. The molecule has 2 aliphatic carbocycles. The molecule has 2 saturated carbocycles. The van der Waals surface area contributed by atoms with Gasteiger partial charge in [0, 0.05) is 37.4 Å². The van der Waals surface area contributed by atoms with Crippen molar-refractivity contribution in [1.82, 2.24) is 0 Å². The molecule has 4 unspecified atom stereocenters. The van der Waals surface area contributed by atoms with Crippen molar-refractivity contribution >= 4 is 11.6 Å². The highest BCUT2D eigenvalue weighted by molar-refractivity contribution is 5.88. The SMILES string of the molecule is COC(C)(C)CCCCC1CCC(/C=C\C2CCC(CCCCC(C)(C)CO)C2=O)C1=O. The van der Waals surface area contributed by atoms with Crippen molar-refractivity contribution in [3.63, 3.8) is 0 Å². The van der Waals surface area contributed by atoms with E-state index in [-0.39, 0.29) is 41.3 Å². The Kier molecular flexibility index (Phi) is 10.6. The van der Waals surface area contributed by atoms with E-state index >= 15 is 0 Å². The fourth-order valence-electron chi connectivity index (χ4n) is 5.28. The summed E-state index contributed by atoms with van der Waals surface area (Å²) in [6.07, 6.45) is 16.3. The van der Waals surface area contributed by atoms with Gasteiger partial charge in [-0.15, -0.1) is 0 Å². The Balaban J connectivity index is 1.70. The molecule has 0 aromatic carbocycles. The van der Waals surface area contributed by atoms with Gasteiger partial charge in [-0.2, -0.15) is 0 Å². The number of aliphatic hydroxyl groups excluding tert-OH is 1. The van der Waals surface area contributed by atoms with Crippen LogP contribution in [0.2, 0.25) is 0 Å². The molecule has 0 heterocycles. The number of carbonyl (C=O) groups excluding carboxylic acids is 2. The van der Waals surface area contributed by atoms with E-state index in [2.05, 4.69) is 39.8 Å². The summed E-state index contributed by atoms with van der Waals surface area (Å²) in [6.45, 7) is 8.62. The first-order chi connectivity index (χ1) is 15.1. The molecule has 0 saturated heterocycles. The third-order valence-corrected chi connectivity index (χ3v) is 7.98. The van der Waals surface area contributed by atoms with Crippen molar-refractivity contribution < 1.29 is 19.4 Å². The fourth-order valence-corrected chi connectivity index (χ4v) is 5.28. The van der Waals surface area contributed by atoms with Gasteiger partial charge in [-0.25, -0.2) is 0 Å². The van der Waals surface area contributed by atoms with Crippen molar-refractivity contribution in [2.75, 3.05) is 13.7 Å². The summed E-state index contributed by atoms with van der Waals surface area (Å²) in [5.74, 6) is 1.18. The van der Waals surface area contributed by atoms with Crippen molar-refractivity contribution in [1.29, 1.82) is 0 Å². The maximum absolute atomic E-state index is 12.8.